The molecule has 1 aliphatic rings. The van der Waals surface area contributed by atoms with Gasteiger partial charge in [-0.2, -0.15) is 0 Å². The fraction of sp³-hybridized carbons (Fsp3) is 0.455. The van der Waals surface area contributed by atoms with E-state index in [1.54, 1.807) is 0 Å². The lowest BCUT2D eigenvalue weighted by Crippen LogP contribution is -2.08. The molecule has 1 aliphatic carbocycles. The molecule has 1 atom stereocenters. The van der Waals surface area contributed by atoms with Crippen molar-refractivity contribution >= 4 is 0 Å². The minimum atomic E-state index is 0.201. The van der Waals surface area contributed by atoms with Gasteiger partial charge in [-0.1, -0.05) is 38.5 Å². The van der Waals surface area contributed by atoms with Crippen LogP contribution in [0.15, 0.2) is 36.1 Å². The summed E-state index contributed by atoms with van der Waals surface area (Å²) in [6, 6.07) is 0. The highest BCUT2D eigenvalue weighted by Gasteiger charge is 2.15. The van der Waals surface area contributed by atoms with Crippen molar-refractivity contribution in [3.63, 3.8) is 0 Å². The zero-order valence-corrected chi connectivity index (χ0v) is 7.88. The number of hydrogen-bond acceptors (Lipinski definition) is 1. The zero-order valence-electron chi connectivity index (χ0n) is 7.88. The first-order chi connectivity index (χ1) is 5.66. The van der Waals surface area contributed by atoms with E-state index in [2.05, 4.69) is 26.0 Å². The highest BCUT2D eigenvalue weighted by atomic mass is 14.6. The van der Waals surface area contributed by atoms with Crippen LogP contribution >= 0.6 is 0 Å². The molecule has 2 N–H and O–H groups in total. The molecule has 0 spiro atoms. The van der Waals surface area contributed by atoms with E-state index in [0.29, 0.717) is 0 Å². The third kappa shape index (κ3) is 2.26. The molecule has 12 heavy (non-hydrogen) atoms. The van der Waals surface area contributed by atoms with E-state index < -0.39 is 0 Å². The van der Waals surface area contributed by atoms with Gasteiger partial charge in [0.2, 0.25) is 0 Å². The minimum Gasteiger partial charge on any atom is -0.399 e. The van der Waals surface area contributed by atoms with Crippen LogP contribution in [0.4, 0.5) is 0 Å². The standard InChI is InChI=1S/C11H17N/c1-3-7-11(2)8-4-5-10(12)6-9-11/h4-6,8-9H,3,7,12H2,1-2H3. The van der Waals surface area contributed by atoms with Crippen molar-refractivity contribution in [1.82, 2.24) is 0 Å². The first-order valence-corrected chi connectivity index (χ1v) is 4.50. The molecule has 66 valence electrons. The predicted octanol–water partition coefficient (Wildman–Crippen LogP) is 2.76. The largest absolute Gasteiger partial charge is 0.399 e. The predicted molar refractivity (Wildman–Crippen MR) is 53.6 cm³/mol. The Morgan fingerprint density at radius 3 is 2.83 bits per heavy atom. The summed E-state index contributed by atoms with van der Waals surface area (Å²) in [7, 11) is 0. The zero-order chi connectivity index (χ0) is 9.03. The number of rotatable bonds is 2. The quantitative estimate of drug-likeness (QED) is 0.665. The SMILES string of the molecule is CCCC1(C)C=CC=C(N)C=C1. The van der Waals surface area contributed by atoms with Gasteiger partial charge >= 0.3 is 0 Å². The van der Waals surface area contributed by atoms with Crippen LogP contribution in [-0.2, 0) is 0 Å². The van der Waals surface area contributed by atoms with Crippen molar-refractivity contribution in [3.8, 4) is 0 Å². The van der Waals surface area contributed by atoms with E-state index in [1.807, 2.05) is 18.2 Å². The highest BCUT2D eigenvalue weighted by molar-refractivity contribution is 5.29. The van der Waals surface area contributed by atoms with Crippen LogP contribution in [0.2, 0.25) is 0 Å². The Bertz CT molecular complexity index is 235. The molecule has 0 radical (unpaired) electrons. The van der Waals surface area contributed by atoms with Crippen LogP contribution < -0.4 is 5.73 Å². The van der Waals surface area contributed by atoms with Gasteiger partial charge in [-0.3, -0.25) is 0 Å². The van der Waals surface area contributed by atoms with Crippen LogP contribution in [0.25, 0.3) is 0 Å². The molecule has 1 nitrogen and oxygen atoms in total. The molecule has 0 heterocycles. The molecule has 0 aromatic carbocycles. The number of nitrogens with two attached hydrogens (primary N) is 1. The molecular weight excluding hydrogens is 146 g/mol. The molecule has 0 bridgehead atoms. The van der Waals surface area contributed by atoms with Crippen molar-refractivity contribution < 1.29 is 0 Å². The summed E-state index contributed by atoms with van der Waals surface area (Å²) in [4.78, 5) is 0. The molecule has 1 unspecified atom stereocenters. The smallest absolute Gasteiger partial charge is 0.0310 e. The molecular formula is C11H17N. The van der Waals surface area contributed by atoms with Crippen molar-refractivity contribution in [3.05, 3.63) is 36.1 Å². The van der Waals surface area contributed by atoms with Crippen LogP contribution in [0.5, 0.6) is 0 Å². The monoisotopic (exact) mass is 163 g/mol. The number of hydrogen-bond donors (Lipinski definition) is 1. The van der Waals surface area contributed by atoms with Gasteiger partial charge in [0.05, 0.1) is 0 Å². The van der Waals surface area contributed by atoms with E-state index in [9.17, 15) is 0 Å². The third-order valence-electron chi connectivity index (χ3n) is 2.21. The van der Waals surface area contributed by atoms with Gasteiger partial charge in [0, 0.05) is 11.1 Å². The summed E-state index contributed by atoms with van der Waals surface area (Å²) >= 11 is 0. The second-order valence-electron chi connectivity index (χ2n) is 3.61. The average Bonchev–Trinajstić information content (AvgIpc) is 2.15. The molecule has 0 aliphatic heterocycles. The van der Waals surface area contributed by atoms with Crippen LogP contribution in [0, 0.1) is 5.41 Å². The van der Waals surface area contributed by atoms with Gasteiger partial charge in [0.25, 0.3) is 0 Å². The van der Waals surface area contributed by atoms with Crippen molar-refractivity contribution in [2.75, 3.05) is 0 Å². The highest BCUT2D eigenvalue weighted by Crippen LogP contribution is 2.28. The molecule has 0 saturated carbocycles. The summed E-state index contributed by atoms with van der Waals surface area (Å²) in [5, 5.41) is 0. The van der Waals surface area contributed by atoms with Crippen LogP contribution in [-0.4, -0.2) is 0 Å². The second kappa shape index (κ2) is 3.61. The summed E-state index contributed by atoms with van der Waals surface area (Å²) < 4.78 is 0. The fourth-order valence-electron chi connectivity index (χ4n) is 1.48. The van der Waals surface area contributed by atoms with Crippen molar-refractivity contribution in [2.45, 2.75) is 26.7 Å². The Balaban J connectivity index is 2.77. The molecule has 0 fully saturated rings. The Morgan fingerprint density at radius 1 is 1.42 bits per heavy atom. The molecule has 1 heteroatoms. The van der Waals surface area contributed by atoms with Gasteiger partial charge in [0.1, 0.15) is 0 Å². The maximum Gasteiger partial charge on any atom is 0.0310 e. The van der Waals surface area contributed by atoms with Crippen LogP contribution in [0.1, 0.15) is 26.7 Å². The maximum absolute atomic E-state index is 5.68. The Hall–Kier alpha value is -0.980. The topological polar surface area (TPSA) is 26.0 Å². The lowest BCUT2D eigenvalue weighted by Gasteiger charge is -2.19. The van der Waals surface area contributed by atoms with Gasteiger partial charge in [-0.05, 0) is 18.6 Å². The van der Waals surface area contributed by atoms with E-state index in [-0.39, 0.29) is 5.41 Å². The first-order valence-electron chi connectivity index (χ1n) is 4.50. The average molecular weight is 163 g/mol. The number of allylic oxidation sites excluding steroid dienone is 5. The Labute approximate surface area is 74.7 Å². The van der Waals surface area contributed by atoms with E-state index >= 15 is 0 Å². The minimum absolute atomic E-state index is 0.201. The summed E-state index contributed by atoms with van der Waals surface area (Å²) in [6.45, 7) is 4.44. The van der Waals surface area contributed by atoms with Gasteiger partial charge < -0.3 is 5.73 Å². The van der Waals surface area contributed by atoms with E-state index in [0.717, 1.165) is 5.70 Å². The van der Waals surface area contributed by atoms with Crippen molar-refractivity contribution in [1.29, 1.82) is 0 Å². The first kappa shape index (κ1) is 9.11. The van der Waals surface area contributed by atoms with Gasteiger partial charge in [-0.25, -0.2) is 0 Å². The summed E-state index contributed by atoms with van der Waals surface area (Å²) in [5.74, 6) is 0. The van der Waals surface area contributed by atoms with Gasteiger partial charge in [-0.15, -0.1) is 0 Å². The summed E-state index contributed by atoms with van der Waals surface area (Å²) in [5.41, 5.74) is 6.71. The van der Waals surface area contributed by atoms with Crippen LogP contribution in [0.3, 0.4) is 0 Å². The molecule has 0 saturated heterocycles. The molecule has 0 aromatic rings. The fourth-order valence-corrected chi connectivity index (χ4v) is 1.48. The van der Waals surface area contributed by atoms with Crippen molar-refractivity contribution in [2.24, 2.45) is 11.1 Å². The Kier molecular flexibility index (Phi) is 2.74. The lowest BCUT2D eigenvalue weighted by molar-refractivity contribution is 0.493. The Morgan fingerprint density at radius 2 is 2.17 bits per heavy atom. The normalized spacial score (nSPS) is 28.3. The summed E-state index contributed by atoms with van der Waals surface area (Å²) in [6.07, 6.45) is 12.8. The second-order valence-corrected chi connectivity index (χ2v) is 3.61. The maximum atomic E-state index is 5.68. The third-order valence-corrected chi connectivity index (χ3v) is 2.21. The molecule has 0 amide bonds. The van der Waals surface area contributed by atoms with Gasteiger partial charge in [0.15, 0.2) is 0 Å². The lowest BCUT2D eigenvalue weighted by atomic mass is 9.85. The molecule has 1 rings (SSSR count). The van der Waals surface area contributed by atoms with E-state index in [1.165, 1.54) is 12.8 Å². The van der Waals surface area contributed by atoms with E-state index in [4.69, 9.17) is 5.73 Å². The molecule has 0 aromatic heterocycles.